The molecule has 0 atom stereocenters. The Kier molecular flexibility index (Phi) is 3.66. The fraction of sp³-hybridized carbons (Fsp3) is 0.818. The van der Waals surface area contributed by atoms with Crippen LogP contribution in [-0.4, -0.2) is 47.1 Å². The highest BCUT2D eigenvalue weighted by atomic mass is 16.5. The summed E-state index contributed by atoms with van der Waals surface area (Å²) in [5.41, 5.74) is 4.20. The second-order valence-corrected chi connectivity index (χ2v) is 5.45. The molecular weight excluding hydrogens is 222 g/mol. The van der Waals surface area contributed by atoms with Crippen LogP contribution in [0.5, 0.6) is 0 Å². The van der Waals surface area contributed by atoms with Crippen molar-refractivity contribution in [2.45, 2.75) is 33.3 Å². The van der Waals surface area contributed by atoms with E-state index in [9.17, 15) is 4.79 Å². The van der Waals surface area contributed by atoms with E-state index in [1.165, 1.54) is 0 Å². The van der Waals surface area contributed by atoms with E-state index < -0.39 is 5.41 Å². The van der Waals surface area contributed by atoms with Crippen LogP contribution >= 0.6 is 0 Å². The predicted molar refractivity (Wildman–Crippen MR) is 63.8 cm³/mol. The van der Waals surface area contributed by atoms with Crippen molar-refractivity contribution in [3.63, 3.8) is 0 Å². The fourth-order valence-corrected chi connectivity index (χ4v) is 1.82. The molecule has 0 radical (unpaired) electrons. The van der Waals surface area contributed by atoms with Gasteiger partial charge in [-0.05, 0) is 27.7 Å². The monoisotopic (exact) mass is 243 g/mol. The second-order valence-electron chi connectivity index (χ2n) is 5.45. The lowest BCUT2D eigenvalue weighted by molar-refractivity contribution is -0.151. The van der Waals surface area contributed by atoms with Crippen LogP contribution < -0.4 is 5.73 Å². The van der Waals surface area contributed by atoms with Crippen molar-refractivity contribution >= 4 is 11.7 Å². The van der Waals surface area contributed by atoms with Gasteiger partial charge in [-0.15, -0.1) is 0 Å². The Hall–Kier alpha value is -1.30. The maximum absolute atomic E-state index is 12.3. The molecule has 6 nitrogen and oxygen atoms in total. The third-order valence-corrected chi connectivity index (χ3v) is 3.00. The molecule has 1 aliphatic heterocycles. The van der Waals surface area contributed by atoms with Crippen LogP contribution in [0.2, 0.25) is 0 Å². The topological polar surface area (TPSA) is 88.2 Å². The Morgan fingerprint density at radius 2 is 2.12 bits per heavy atom. The molecule has 17 heavy (non-hydrogen) atoms. The SMILES string of the molecule is CC1(C)CN(C(=O)C(C)(C)C(N)=NO)CCO1. The summed E-state index contributed by atoms with van der Waals surface area (Å²) < 4.78 is 5.54. The van der Waals surface area contributed by atoms with Crippen LogP contribution in [0.4, 0.5) is 0 Å². The summed E-state index contributed by atoms with van der Waals surface area (Å²) in [5.74, 6) is -0.226. The number of ether oxygens (including phenoxy) is 1. The Bertz CT molecular complexity index is 337. The standard InChI is InChI=1S/C11H21N3O3/c1-10(2)7-14(5-6-17-10)9(15)11(3,4)8(12)13-16/h16H,5-7H2,1-4H3,(H2,12,13). The minimum absolute atomic E-state index is 0.0770. The van der Waals surface area contributed by atoms with E-state index in [2.05, 4.69) is 5.16 Å². The molecule has 6 heteroatoms. The first-order valence-electron chi connectivity index (χ1n) is 5.62. The highest BCUT2D eigenvalue weighted by molar-refractivity contribution is 6.05. The lowest BCUT2D eigenvalue weighted by Gasteiger charge is -2.40. The van der Waals surface area contributed by atoms with E-state index in [1.54, 1.807) is 18.7 Å². The van der Waals surface area contributed by atoms with Crippen LogP contribution in [-0.2, 0) is 9.53 Å². The van der Waals surface area contributed by atoms with Crippen molar-refractivity contribution in [3.8, 4) is 0 Å². The number of carbonyl (C=O) groups is 1. The third-order valence-electron chi connectivity index (χ3n) is 3.00. The zero-order valence-corrected chi connectivity index (χ0v) is 10.9. The zero-order chi connectivity index (χ0) is 13.3. The van der Waals surface area contributed by atoms with Gasteiger partial charge in [-0.1, -0.05) is 5.16 Å². The molecule has 1 fully saturated rings. The average molecular weight is 243 g/mol. The van der Waals surface area contributed by atoms with E-state index in [1.807, 2.05) is 13.8 Å². The van der Waals surface area contributed by atoms with E-state index in [-0.39, 0.29) is 17.3 Å². The molecule has 0 aromatic carbocycles. The summed E-state index contributed by atoms with van der Waals surface area (Å²) >= 11 is 0. The number of morpholine rings is 1. The van der Waals surface area contributed by atoms with Gasteiger partial charge in [0.1, 0.15) is 5.41 Å². The number of carbonyl (C=O) groups excluding carboxylic acids is 1. The molecule has 0 aliphatic carbocycles. The van der Waals surface area contributed by atoms with Gasteiger partial charge in [0.05, 0.1) is 12.2 Å². The van der Waals surface area contributed by atoms with E-state index in [0.717, 1.165) is 0 Å². The smallest absolute Gasteiger partial charge is 0.236 e. The highest BCUT2D eigenvalue weighted by Crippen LogP contribution is 2.24. The summed E-state index contributed by atoms with van der Waals surface area (Å²) in [6.07, 6.45) is 0. The van der Waals surface area contributed by atoms with Crippen LogP contribution in [0.3, 0.4) is 0 Å². The number of amidine groups is 1. The molecule has 98 valence electrons. The third kappa shape index (κ3) is 2.88. The molecule has 0 saturated carbocycles. The van der Waals surface area contributed by atoms with Crippen molar-refractivity contribution < 1.29 is 14.7 Å². The first-order valence-corrected chi connectivity index (χ1v) is 5.62. The summed E-state index contributed by atoms with van der Waals surface area (Å²) in [6, 6.07) is 0. The first kappa shape index (κ1) is 13.8. The molecule has 3 N–H and O–H groups in total. The van der Waals surface area contributed by atoms with Gasteiger partial charge in [0.25, 0.3) is 0 Å². The number of amides is 1. The van der Waals surface area contributed by atoms with Gasteiger partial charge < -0.3 is 20.6 Å². The van der Waals surface area contributed by atoms with Gasteiger partial charge in [-0.2, -0.15) is 0 Å². The van der Waals surface area contributed by atoms with Crippen LogP contribution in [0, 0.1) is 5.41 Å². The minimum Gasteiger partial charge on any atom is -0.409 e. The van der Waals surface area contributed by atoms with Gasteiger partial charge in [0.2, 0.25) is 5.91 Å². The molecule has 0 aromatic rings. The van der Waals surface area contributed by atoms with Crippen molar-refractivity contribution in [2.75, 3.05) is 19.7 Å². The Balaban J connectivity index is 2.83. The molecule has 1 heterocycles. The van der Waals surface area contributed by atoms with Gasteiger partial charge in [-0.3, -0.25) is 4.79 Å². The van der Waals surface area contributed by atoms with Crippen LogP contribution in [0.25, 0.3) is 0 Å². The molecule has 0 spiro atoms. The highest BCUT2D eigenvalue weighted by Gasteiger charge is 2.40. The second kappa shape index (κ2) is 4.52. The lowest BCUT2D eigenvalue weighted by Crippen LogP contribution is -2.56. The number of nitrogens with zero attached hydrogens (tertiary/aromatic N) is 2. The maximum atomic E-state index is 12.3. The van der Waals surface area contributed by atoms with Crippen molar-refractivity contribution in [1.29, 1.82) is 0 Å². The van der Waals surface area contributed by atoms with Gasteiger partial charge in [0, 0.05) is 13.1 Å². The Morgan fingerprint density at radius 1 is 1.53 bits per heavy atom. The normalized spacial score (nSPS) is 21.4. The maximum Gasteiger partial charge on any atom is 0.236 e. The molecule has 1 amide bonds. The predicted octanol–water partition coefficient (Wildman–Crippen LogP) is 0.396. The minimum atomic E-state index is -0.998. The van der Waals surface area contributed by atoms with E-state index >= 15 is 0 Å². The molecule has 1 saturated heterocycles. The van der Waals surface area contributed by atoms with Gasteiger partial charge in [-0.25, -0.2) is 0 Å². The number of nitrogens with two attached hydrogens (primary N) is 1. The van der Waals surface area contributed by atoms with Crippen LogP contribution in [0.1, 0.15) is 27.7 Å². The van der Waals surface area contributed by atoms with E-state index in [4.69, 9.17) is 15.7 Å². The molecular formula is C11H21N3O3. The molecule has 0 bridgehead atoms. The van der Waals surface area contributed by atoms with Crippen molar-refractivity contribution in [2.24, 2.45) is 16.3 Å². The summed E-state index contributed by atoms with van der Waals surface area (Å²) in [6.45, 7) is 8.70. The molecule has 0 aromatic heterocycles. The average Bonchev–Trinajstić information content (AvgIpc) is 2.25. The Morgan fingerprint density at radius 3 is 2.59 bits per heavy atom. The Labute approximate surface area is 101 Å². The molecule has 1 aliphatic rings. The van der Waals surface area contributed by atoms with Crippen LogP contribution in [0.15, 0.2) is 5.16 Å². The number of hydrogen-bond donors (Lipinski definition) is 2. The molecule has 1 rings (SSSR count). The number of oxime groups is 1. The lowest BCUT2D eigenvalue weighted by atomic mass is 9.89. The van der Waals surface area contributed by atoms with E-state index in [0.29, 0.717) is 19.7 Å². The number of hydrogen-bond acceptors (Lipinski definition) is 4. The van der Waals surface area contributed by atoms with Gasteiger partial charge >= 0.3 is 0 Å². The van der Waals surface area contributed by atoms with Crippen molar-refractivity contribution in [3.05, 3.63) is 0 Å². The summed E-state index contributed by atoms with van der Waals surface area (Å²) in [7, 11) is 0. The zero-order valence-electron chi connectivity index (χ0n) is 10.9. The summed E-state index contributed by atoms with van der Waals surface area (Å²) in [5, 5.41) is 11.6. The summed E-state index contributed by atoms with van der Waals surface area (Å²) in [4.78, 5) is 14.0. The molecule has 0 unspecified atom stereocenters. The van der Waals surface area contributed by atoms with Gasteiger partial charge in [0.15, 0.2) is 5.84 Å². The fourth-order valence-electron chi connectivity index (χ4n) is 1.82. The quantitative estimate of drug-likeness (QED) is 0.318. The largest absolute Gasteiger partial charge is 0.409 e. The van der Waals surface area contributed by atoms with Crippen molar-refractivity contribution in [1.82, 2.24) is 4.90 Å². The first-order chi connectivity index (χ1) is 7.70. The number of rotatable bonds is 2.